The van der Waals surface area contributed by atoms with Crippen molar-refractivity contribution in [1.82, 2.24) is 4.98 Å². The van der Waals surface area contributed by atoms with Gasteiger partial charge in [-0.1, -0.05) is 147 Å². The molecule has 8 aromatic rings. The smallest absolute Gasteiger partial charge is 0.137 e. The van der Waals surface area contributed by atoms with E-state index < -0.39 is 8.07 Å². The van der Waals surface area contributed by atoms with Gasteiger partial charge in [0.25, 0.3) is 0 Å². The highest BCUT2D eigenvalue weighted by atomic mass is 28.3. The summed E-state index contributed by atoms with van der Waals surface area (Å²) in [6.45, 7) is 7.08. The van der Waals surface area contributed by atoms with Crippen LogP contribution in [0.3, 0.4) is 0 Å². The molecule has 1 aromatic heterocycles. The van der Waals surface area contributed by atoms with Crippen molar-refractivity contribution in [3.05, 3.63) is 164 Å². The average molecular weight is 621 g/mol. The Morgan fingerprint density at radius 1 is 0.447 bits per heavy atom. The lowest BCUT2D eigenvalue weighted by molar-refractivity contribution is 1.18. The Morgan fingerprint density at radius 2 is 0.979 bits per heavy atom. The van der Waals surface area contributed by atoms with Gasteiger partial charge in [-0.2, -0.15) is 0 Å². The molecule has 0 N–H and O–H groups in total. The first-order chi connectivity index (χ1) is 23.0. The van der Waals surface area contributed by atoms with E-state index in [-0.39, 0.29) is 0 Å². The summed E-state index contributed by atoms with van der Waals surface area (Å²) in [5.41, 5.74) is 7.18. The third-order valence-corrected chi connectivity index (χ3v) is 11.3. The van der Waals surface area contributed by atoms with Gasteiger partial charge < -0.3 is 0 Å². The van der Waals surface area contributed by atoms with Crippen LogP contribution in [0.2, 0.25) is 19.6 Å². The zero-order valence-corrected chi connectivity index (χ0v) is 28.0. The van der Waals surface area contributed by atoms with Crippen LogP contribution in [-0.2, 0) is 0 Å². The fourth-order valence-electron chi connectivity index (χ4n) is 6.90. The monoisotopic (exact) mass is 620 g/mol. The van der Waals surface area contributed by atoms with Crippen molar-refractivity contribution in [2.24, 2.45) is 0 Å². The minimum absolute atomic E-state index is 0.918. The van der Waals surface area contributed by atoms with Gasteiger partial charge in [-0.3, -0.25) is 4.90 Å². The van der Waals surface area contributed by atoms with Crippen molar-refractivity contribution in [3.63, 3.8) is 0 Å². The van der Waals surface area contributed by atoms with Crippen LogP contribution in [0.5, 0.6) is 0 Å². The van der Waals surface area contributed by atoms with Gasteiger partial charge in [-0.05, 0) is 90.1 Å². The topological polar surface area (TPSA) is 16.1 Å². The zero-order valence-electron chi connectivity index (χ0n) is 27.0. The van der Waals surface area contributed by atoms with E-state index >= 15 is 0 Å². The minimum Gasteiger partial charge on any atom is -0.295 e. The van der Waals surface area contributed by atoms with Crippen LogP contribution in [0.4, 0.5) is 17.2 Å². The molecule has 3 heteroatoms. The fourth-order valence-corrected chi connectivity index (χ4v) is 7.94. The van der Waals surface area contributed by atoms with Crippen LogP contribution in [0.15, 0.2) is 164 Å². The van der Waals surface area contributed by atoms with Crippen molar-refractivity contribution in [2.75, 3.05) is 4.90 Å². The summed E-state index contributed by atoms with van der Waals surface area (Å²) in [5, 5.41) is 8.92. The number of pyridine rings is 1. The molecule has 8 rings (SSSR count). The van der Waals surface area contributed by atoms with Gasteiger partial charge in [0.2, 0.25) is 0 Å². The molecule has 7 aromatic carbocycles. The van der Waals surface area contributed by atoms with Crippen molar-refractivity contribution < 1.29 is 0 Å². The molecule has 0 aliphatic heterocycles. The molecule has 47 heavy (non-hydrogen) atoms. The number of fused-ring (bicyclic) bond motifs is 3. The maximum absolute atomic E-state index is 4.98. The number of hydrogen-bond donors (Lipinski definition) is 0. The van der Waals surface area contributed by atoms with Crippen molar-refractivity contribution >= 4 is 62.8 Å². The maximum atomic E-state index is 4.98. The van der Waals surface area contributed by atoms with Crippen LogP contribution in [0.25, 0.3) is 54.6 Å². The Hall–Kier alpha value is -5.51. The van der Waals surface area contributed by atoms with Crippen LogP contribution >= 0.6 is 0 Å². The molecule has 0 fully saturated rings. The number of para-hydroxylation sites is 1. The second-order valence-electron chi connectivity index (χ2n) is 13.2. The average Bonchev–Trinajstić information content (AvgIpc) is 3.11. The number of benzene rings is 7. The number of hydrogen-bond acceptors (Lipinski definition) is 2. The van der Waals surface area contributed by atoms with Crippen LogP contribution in [-0.4, -0.2) is 13.1 Å². The van der Waals surface area contributed by atoms with Gasteiger partial charge in [-0.25, -0.2) is 4.98 Å². The van der Waals surface area contributed by atoms with Gasteiger partial charge in [0.15, 0.2) is 0 Å². The molecule has 0 aliphatic rings. The molecule has 0 saturated heterocycles. The summed E-state index contributed by atoms with van der Waals surface area (Å²) in [7, 11) is -1.46. The molecule has 0 unspecified atom stereocenters. The fraction of sp³-hybridized carbons (Fsp3) is 0.0682. The summed E-state index contributed by atoms with van der Waals surface area (Å²) in [6, 6.07) is 57.1. The zero-order chi connectivity index (χ0) is 32.0. The van der Waals surface area contributed by atoms with Crippen molar-refractivity contribution in [2.45, 2.75) is 19.6 Å². The molecule has 0 radical (unpaired) electrons. The molecule has 0 bridgehead atoms. The highest BCUT2D eigenvalue weighted by Gasteiger charge is 2.21. The van der Waals surface area contributed by atoms with Gasteiger partial charge in [-0.15, -0.1) is 0 Å². The Labute approximate surface area is 277 Å². The molecule has 0 spiro atoms. The standard InChI is InChI=1S/C44H36N2Si/c1-47(2,3)35-28-29-42(45-30-35)46(33-16-5-4-6-17-33)34-26-24-32(25-27-34)43-38-19-9-11-21-40(38)44(41-22-12-10-20-39(41)43)37-23-13-15-31-14-7-8-18-36(31)37/h4-30H,1-3H3. The largest absolute Gasteiger partial charge is 0.295 e. The third-order valence-electron chi connectivity index (χ3n) is 9.26. The quantitative estimate of drug-likeness (QED) is 0.136. The van der Waals surface area contributed by atoms with E-state index in [0.29, 0.717) is 0 Å². The first kappa shape index (κ1) is 28.9. The van der Waals surface area contributed by atoms with E-state index in [2.05, 4.69) is 188 Å². The molecule has 0 saturated carbocycles. The van der Waals surface area contributed by atoms with Crippen molar-refractivity contribution in [3.8, 4) is 22.3 Å². The Bertz CT molecular complexity index is 2310. The minimum atomic E-state index is -1.46. The number of rotatable bonds is 6. The van der Waals surface area contributed by atoms with E-state index in [4.69, 9.17) is 4.98 Å². The Morgan fingerprint density at radius 3 is 1.57 bits per heavy atom. The maximum Gasteiger partial charge on any atom is 0.137 e. The van der Waals surface area contributed by atoms with Gasteiger partial charge in [0.1, 0.15) is 5.82 Å². The highest BCUT2D eigenvalue weighted by molar-refractivity contribution is 6.88. The first-order valence-electron chi connectivity index (χ1n) is 16.3. The molecule has 0 atom stereocenters. The second kappa shape index (κ2) is 11.7. The number of aromatic nitrogens is 1. The normalized spacial score (nSPS) is 11.7. The molecule has 1 heterocycles. The number of nitrogens with zero attached hydrogens (tertiary/aromatic N) is 2. The van der Waals surface area contributed by atoms with E-state index in [0.717, 1.165) is 17.2 Å². The molecular weight excluding hydrogens is 585 g/mol. The molecule has 0 amide bonds. The van der Waals surface area contributed by atoms with Gasteiger partial charge in [0.05, 0.1) is 8.07 Å². The molecule has 2 nitrogen and oxygen atoms in total. The first-order valence-corrected chi connectivity index (χ1v) is 19.8. The van der Waals surface area contributed by atoms with Crippen molar-refractivity contribution in [1.29, 1.82) is 0 Å². The van der Waals surface area contributed by atoms with Crippen LogP contribution in [0.1, 0.15) is 0 Å². The van der Waals surface area contributed by atoms with Gasteiger partial charge in [0, 0.05) is 17.6 Å². The summed E-state index contributed by atoms with van der Waals surface area (Å²) in [5.74, 6) is 0.918. The van der Waals surface area contributed by atoms with Gasteiger partial charge >= 0.3 is 0 Å². The Balaban J connectivity index is 1.31. The predicted octanol–water partition coefficient (Wildman–Crippen LogP) is 11.9. The summed E-state index contributed by atoms with van der Waals surface area (Å²) < 4.78 is 0. The summed E-state index contributed by atoms with van der Waals surface area (Å²) >= 11 is 0. The summed E-state index contributed by atoms with van der Waals surface area (Å²) in [4.78, 5) is 7.23. The van der Waals surface area contributed by atoms with Crippen LogP contribution in [0, 0.1) is 0 Å². The second-order valence-corrected chi connectivity index (χ2v) is 18.3. The number of anilines is 3. The SMILES string of the molecule is C[Si](C)(C)c1ccc(N(c2ccccc2)c2ccc(-c3c4ccccc4c(-c4cccc5ccccc45)c4ccccc34)cc2)nc1. The van der Waals surface area contributed by atoms with E-state index in [1.165, 1.54) is 59.8 Å². The molecule has 0 aliphatic carbocycles. The lowest BCUT2D eigenvalue weighted by Gasteiger charge is -2.26. The molecule has 226 valence electrons. The predicted molar refractivity (Wildman–Crippen MR) is 205 cm³/mol. The lowest BCUT2D eigenvalue weighted by Crippen LogP contribution is -2.37. The highest BCUT2D eigenvalue weighted by Crippen LogP contribution is 2.45. The summed E-state index contributed by atoms with van der Waals surface area (Å²) in [6.07, 6.45) is 2.07. The molecular formula is C44H36N2Si. The lowest BCUT2D eigenvalue weighted by atomic mass is 9.85. The third kappa shape index (κ3) is 5.19. The van der Waals surface area contributed by atoms with E-state index in [1.54, 1.807) is 0 Å². The van der Waals surface area contributed by atoms with Crippen LogP contribution < -0.4 is 10.1 Å². The van der Waals surface area contributed by atoms with E-state index in [9.17, 15) is 0 Å². The van der Waals surface area contributed by atoms with E-state index in [1.807, 2.05) is 0 Å². The Kier molecular flexibility index (Phi) is 7.19.